The van der Waals surface area contributed by atoms with Gasteiger partial charge in [0.05, 0.1) is 16.5 Å². The minimum Gasteiger partial charge on any atom is -0.481 e. The maximum Gasteiger partial charge on any atom is 0.307 e. The van der Waals surface area contributed by atoms with Crippen LogP contribution in [0, 0.1) is 0 Å². The second kappa shape index (κ2) is 5.87. The van der Waals surface area contributed by atoms with E-state index in [4.69, 9.17) is 45.6 Å². The van der Waals surface area contributed by atoms with Gasteiger partial charge in [-0.15, -0.1) is 0 Å². The highest BCUT2D eigenvalue weighted by atomic mass is 35.5. The number of nitrogens with zero attached hydrogens (tertiary/aromatic N) is 1. The van der Waals surface area contributed by atoms with Gasteiger partial charge in [-0.3, -0.25) is 4.79 Å². The zero-order valence-corrected chi connectivity index (χ0v) is 12.3. The summed E-state index contributed by atoms with van der Waals surface area (Å²) in [7, 11) is 0. The molecule has 0 saturated carbocycles. The smallest absolute Gasteiger partial charge is 0.307 e. The van der Waals surface area contributed by atoms with E-state index in [1.807, 2.05) is 0 Å². The molecule has 0 aliphatic heterocycles. The van der Waals surface area contributed by atoms with Crippen LogP contribution in [0.2, 0.25) is 15.1 Å². The van der Waals surface area contributed by atoms with Crippen LogP contribution >= 0.6 is 34.8 Å². The third kappa shape index (κ3) is 3.15. The molecule has 0 aliphatic carbocycles. The molecule has 1 aromatic heterocycles. The predicted molar refractivity (Wildman–Crippen MR) is 80.5 cm³/mol. The van der Waals surface area contributed by atoms with Gasteiger partial charge < -0.3 is 10.8 Å². The van der Waals surface area contributed by atoms with Crippen molar-refractivity contribution in [3.05, 3.63) is 45.0 Å². The summed E-state index contributed by atoms with van der Waals surface area (Å²) >= 11 is 18.1. The number of pyridine rings is 1. The number of anilines is 1. The minimum atomic E-state index is -0.985. The number of nitrogens with two attached hydrogens (primary N) is 1. The second-order valence-electron chi connectivity index (χ2n) is 4.09. The Kier molecular flexibility index (Phi) is 4.38. The lowest BCUT2D eigenvalue weighted by molar-refractivity contribution is -0.136. The quantitative estimate of drug-likeness (QED) is 0.836. The first-order valence-electron chi connectivity index (χ1n) is 5.49. The van der Waals surface area contributed by atoms with Gasteiger partial charge in [-0.2, -0.15) is 0 Å². The van der Waals surface area contributed by atoms with Crippen LogP contribution < -0.4 is 5.73 Å². The third-order valence-corrected chi connectivity index (χ3v) is 3.66. The highest BCUT2D eigenvalue weighted by Crippen LogP contribution is 2.38. The van der Waals surface area contributed by atoms with Crippen LogP contribution in [-0.4, -0.2) is 16.1 Å². The van der Waals surface area contributed by atoms with E-state index in [0.29, 0.717) is 21.7 Å². The fourth-order valence-corrected chi connectivity index (χ4v) is 2.52. The maximum atomic E-state index is 10.9. The van der Waals surface area contributed by atoms with Crippen LogP contribution in [0.25, 0.3) is 11.1 Å². The molecule has 2 rings (SSSR count). The Hall–Kier alpha value is -1.49. The molecule has 0 amide bonds. The summed E-state index contributed by atoms with van der Waals surface area (Å²) < 4.78 is 0. The number of carbonyl (C=O) groups is 1. The van der Waals surface area contributed by atoms with Gasteiger partial charge in [-0.05, 0) is 23.8 Å². The number of hydrogen-bond donors (Lipinski definition) is 2. The standard InChI is InChI=1S/C13H9Cl3N2O2/c14-7-3-8(13(16)10(15)4-7)9-5-18-11(17)1-6(9)2-12(19)20/h1,3-5H,2H2,(H2,17,18)(H,19,20). The Bertz CT molecular complexity index is 690. The van der Waals surface area contributed by atoms with Crippen molar-refractivity contribution in [2.24, 2.45) is 0 Å². The summed E-state index contributed by atoms with van der Waals surface area (Å²) in [6.45, 7) is 0. The van der Waals surface area contributed by atoms with E-state index in [9.17, 15) is 4.79 Å². The van der Waals surface area contributed by atoms with Crippen molar-refractivity contribution in [1.82, 2.24) is 4.98 Å². The topological polar surface area (TPSA) is 76.2 Å². The van der Waals surface area contributed by atoms with Crippen LogP contribution in [0.1, 0.15) is 5.56 Å². The van der Waals surface area contributed by atoms with Gasteiger partial charge in [-0.1, -0.05) is 34.8 Å². The normalized spacial score (nSPS) is 10.6. The minimum absolute atomic E-state index is 0.206. The summed E-state index contributed by atoms with van der Waals surface area (Å²) in [5, 5.41) is 9.93. The molecule has 4 nitrogen and oxygen atoms in total. The average molecular weight is 332 g/mol. The molecule has 2 aromatic rings. The van der Waals surface area contributed by atoms with Crippen molar-refractivity contribution in [2.75, 3.05) is 5.73 Å². The van der Waals surface area contributed by atoms with E-state index >= 15 is 0 Å². The summed E-state index contributed by atoms with van der Waals surface area (Å²) in [4.78, 5) is 14.9. The summed E-state index contributed by atoms with van der Waals surface area (Å²) in [5.41, 5.74) is 7.14. The van der Waals surface area contributed by atoms with Crippen molar-refractivity contribution >= 4 is 46.6 Å². The van der Waals surface area contributed by atoms with Gasteiger partial charge in [0.1, 0.15) is 5.82 Å². The van der Waals surface area contributed by atoms with E-state index in [1.54, 1.807) is 6.07 Å². The maximum absolute atomic E-state index is 10.9. The number of rotatable bonds is 3. The predicted octanol–water partition coefficient (Wildman–Crippen LogP) is 3.92. The Morgan fingerprint density at radius 1 is 1.20 bits per heavy atom. The fraction of sp³-hybridized carbons (Fsp3) is 0.0769. The molecule has 0 saturated heterocycles. The van der Waals surface area contributed by atoms with Crippen LogP contribution in [0.5, 0.6) is 0 Å². The molecular formula is C13H9Cl3N2O2. The Balaban J connectivity index is 2.66. The average Bonchev–Trinajstić information content (AvgIpc) is 2.33. The van der Waals surface area contributed by atoms with E-state index in [0.717, 1.165) is 0 Å². The zero-order valence-electron chi connectivity index (χ0n) is 10.0. The largest absolute Gasteiger partial charge is 0.481 e. The lowest BCUT2D eigenvalue weighted by Crippen LogP contribution is -2.04. The molecule has 104 valence electrons. The number of aliphatic carboxylic acids is 1. The van der Waals surface area contributed by atoms with Crippen molar-refractivity contribution in [3.8, 4) is 11.1 Å². The zero-order chi connectivity index (χ0) is 14.9. The molecule has 0 atom stereocenters. The number of carboxylic acids is 1. The molecule has 3 N–H and O–H groups in total. The first kappa shape index (κ1) is 14.9. The van der Waals surface area contributed by atoms with Gasteiger partial charge in [0.15, 0.2) is 0 Å². The van der Waals surface area contributed by atoms with Crippen LogP contribution in [0.4, 0.5) is 5.82 Å². The van der Waals surface area contributed by atoms with Gasteiger partial charge in [-0.25, -0.2) is 4.98 Å². The SMILES string of the molecule is Nc1cc(CC(=O)O)c(-c2cc(Cl)cc(Cl)c2Cl)cn1. The first-order valence-corrected chi connectivity index (χ1v) is 6.63. The number of halogens is 3. The fourth-order valence-electron chi connectivity index (χ4n) is 1.82. The Labute approximate surface area is 130 Å². The molecule has 0 unspecified atom stereocenters. The van der Waals surface area contributed by atoms with E-state index in [1.165, 1.54) is 18.3 Å². The highest BCUT2D eigenvalue weighted by molar-refractivity contribution is 6.45. The van der Waals surface area contributed by atoms with Crippen LogP contribution in [0.15, 0.2) is 24.4 Å². The second-order valence-corrected chi connectivity index (χ2v) is 5.31. The Morgan fingerprint density at radius 3 is 2.55 bits per heavy atom. The molecule has 0 radical (unpaired) electrons. The summed E-state index contributed by atoms with van der Waals surface area (Å²) in [6.07, 6.45) is 1.25. The van der Waals surface area contributed by atoms with E-state index in [-0.39, 0.29) is 22.3 Å². The number of benzene rings is 1. The number of carboxylic acid groups (broad SMARTS) is 1. The molecule has 0 bridgehead atoms. The molecule has 20 heavy (non-hydrogen) atoms. The molecule has 1 heterocycles. The van der Waals surface area contributed by atoms with Crippen LogP contribution in [0.3, 0.4) is 0 Å². The molecular weight excluding hydrogens is 323 g/mol. The van der Waals surface area contributed by atoms with Gasteiger partial charge >= 0.3 is 5.97 Å². The summed E-state index contributed by atoms with van der Waals surface area (Å²) in [5.74, 6) is -0.754. The van der Waals surface area contributed by atoms with Gasteiger partial charge in [0.2, 0.25) is 0 Å². The van der Waals surface area contributed by atoms with Gasteiger partial charge in [0.25, 0.3) is 0 Å². The van der Waals surface area contributed by atoms with Gasteiger partial charge in [0, 0.05) is 22.3 Å². The van der Waals surface area contributed by atoms with Crippen molar-refractivity contribution in [3.63, 3.8) is 0 Å². The lowest BCUT2D eigenvalue weighted by Gasteiger charge is -2.11. The molecule has 1 aromatic carbocycles. The number of aromatic nitrogens is 1. The third-order valence-electron chi connectivity index (χ3n) is 2.64. The van der Waals surface area contributed by atoms with Crippen molar-refractivity contribution in [2.45, 2.75) is 6.42 Å². The number of hydrogen-bond acceptors (Lipinski definition) is 3. The monoisotopic (exact) mass is 330 g/mol. The molecule has 0 fully saturated rings. The van der Waals surface area contributed by atoms with E-state index in [2.05, 4.69) is 4.98 Å². The molecule has 7 heteroatoms. The van der Waals surface area contributed by atoms with Crippen molar-refractivity contribution in [1.29, 1.82) is 0 Å². The first-order chi connectivity index (χ1) is 9.38. The lowest BCUT2D eigenvalue weighted by atomic mass is 9.99. The highest BCUT2D eigenvalue weighted by Gasteiger charge is 2.15. The Morgan fingerprint density at radius 2 is 1.90 bits per heavy atom. The van der Waals surface area contributed by atoms with E-state index < -0.39 is 5.97 Å². The van der Waals surface area contributed by atoms with Crippen LogP contribution in [-0.2, 0) is 11.2 Å². The molecule has 0 aliphatic rings. The van der Waals surface area contributed by atoms with Crippen molar-refractivity contribution < 1.29 is 9.90 Å². The molecule has 0 spiro atoms. The number of nitrogen functional groups attached to an aromatic ring is 1. The summed E-state index contributed by atoms with van der Waals surface area (Å²) in [6, 6.07) is 4.61.